The van der Waals surface area contributed by atoms with E-state index in [-0.39, 0.29) is 36.8 Å². The number of benzene rings is 2. The van der Waals surface area contributed by atoms with Crippen LogP contribution in [0, 0.1) is 0 Å². The fourth-order valence-corrected chi connectivity index (χ4v) is 3.72. The second-order valence-corrected chi connectivity index (χ2v) is 7.18. The first-order valence-electron chi connectivity index (χ1n) is 8.84. The summed E-state index contributed by atoms with van der Waals surface area (Å²) in [5.41, 5.74) is 2.21. The maximum Gasteiger partial charge on any atom is 0.200 e. The molecule has 1 fully saturated rings. The summed E-state index contributed by atoms with van der Waals surface area (Å²) in [5, 5.41) is 10.7. The lowest BCUT2D eigenvalue weighted by Gasteiger charge is -2.34. The molecule has 2 aromatic carbocycles. The molecule has 1 aliphatic rings. The number of β-amino-alcohol motifs (C(OH)–C–C–N with tert-alkyl or cyclic N) is 1. The average Bonchev–Trinajstić information content (AvgIpc) is 2.65. The Balaban J connectivity index is 0.00000140. The van der Waals surface area contributed by atoms with E-state index in [1.807, 2.05) is 18.2 Å². The number of piperazine rings is 1. The predicted octanol–water partition coefficient (Wildman–Crippen LogP) is 3.55. The molecule has 0 atom stereocenters. The monoisotopic (exact) mass is 444 g/mol. The van der Waals surface area contributed by atoms with Crippen molar-refractivity contribution in [2.75, 3.05) is 39.3 Å². The molecule has 5 nitrogen and oxygen atoms in total. The van der Waals surface area contributed by atoms with Crippen LogP contribution in [0.2, 0.25) is 5.02 Å². The van der Waals surface area contributed by atoms with Gasteiger partial charge in [-0.3, -0.25) is 14.6 Å². The molecular formula is C20H23Cl3N2O3. The van der Waals surface area contributed by atoms with E-state index < -0.39 is 0 Å². The standard InChI is InChI=1S/C20H21ClN2O3.2ClH/c21-15-2-4-19-17(12-15)20(25)16-11-14(1-3-18(16)26-19)13-23-7-5-22(6-8-23)9-10-24;;/h1-4,11-12,24H,5-10,13H2;2*1H. The van der Waals surface area contributed by atoms with Crippen molar-refractivity contribution >= 4 is 58.4 Å². The number of nitrogens with zero attached hydrogens (tertiary/aromatic N) is 2. The van der Waals surface area contributed by atoms with Crippen LogP contribution in [-0.4, -0.2) is 54.2 Å². The highest BCUT2D eigenvalue weighted by Crippen LogP contribution is 2.23. The second-order valence-electron chi connectivity index (χ2n) is 6.74. The van der Waals surface area contributed by atoms with E-state index >= 15 is 0 Å². The van der Waals surface area contributed by atoms with Gasteiger partial charge in [-0.15, -0.1) is 24.8 Å². The Hall–Kier alpha value is -1.34. The summed E-state index contributed by atoms with van der Waals surface area (Å²) in [5.74, 6) is 0. The Bertz CT molecular complexity index is 1000. The molecular weight excluding hydrogens is 423 g/mol. The van der Waals surface area contributed by atoms with Gasteiger partial charge in [0.2, 0.25) is 5.43 Å². The minimum Gasteiger partial charge on any atom is -0.456 e. The van der Waals surface area contributed by atoms with E-state index in [2.05, 4.69) is 9.80 Å². The highest BCUT2D eigenvalue weighted by molar-refractivity contribution is 6.31. The zero-order valence-corrected chi connectivity index (χ0v) is 17.7. The lowest BCUT2D eigenvalue weighted by atomic mass is 10.1. The first-order valence-corrected chi connectivity index (χ1v) is 9.22. The number of aliphatic hydroxyl groups excluding tert-OH is 1. The molecule has 0 radical (unpaired) electrons. The van der Waals surface area contributed by atoms with E-state index in [0.717, 1.165) is 44.8 Å². The van der Waals surface area contributed by atoms with Gasteiger partial charge in [0, 0.05) is 44.3 Å². The van der Waals surface area contributed by atoms with Gasteiger partial charge < -0.3 is 9.52 Å². The fourth-order valence-electron chi connectivity index (χ4n) is 3.54. The molecule has 0 spiro atoms. The molecule has 4 rings (SSSR count). The maximum atomic E-state index is 12.8. The zero-order valence-electron chi connectivity index (χ0n) is 15.3. The minimum atomic E-state index is -0.0432. The lowest BCUT2D eigenvalue weighted by molar-refractivity contribution is 0.108. The van der Waals surface area contributed by atoms with Gasteiger partial charge in [-0.1, -0.05) is 17.7 Å². The van der Waals surface area contributed by atoms with Crippen molar-refractivity contribution in [2.45, 2.75) is 6.54 Å². The van der Waals surface area contributed by atoms with Gasteiger partial charge in [0.1, 0.15) is 11.2 Å². The number of hydrogen-bond acceptors (Lipinski definition) is 5. The van der Waals surface area contributed by atoms with E-state index in [1.165, 1.54) is 0 Å². The molecule has 3 aromatic rings. The van der Waals surface area contributed by atoms with Crippen molar-refractivity contribution in [1.82, 2.24) is 9.80 Å². The molecule has 8 heteroatoms. The smallest absolute Gasteiger partial charge is 0.200 e. The van der Waals surface area contributed by atoms with E-state index in [0.29, 0.717) is 27.0 Å². The number of rotatable bonds is 4. The number of fused-ring (bicyclic) bond motifs is 2. The maximum absolute atomic E-state index is 12.8. The molecule has 1 saturated heterocycles. The molecule has 28 heavy (non-hydrogen) atoms. The summed E-state index contributed by atoms with van der Waals surface area (Å²) < 4.78 is 5.87. The molecule has 1 N–H and O–H groups in total. The number of halogens is 3. The quantitative estimate of drug-likeness (QED) is 0.622. The van der Waals surface area contributed by atoms with E-state index in [9.17, 15) is 4.79 Å². The predicted molar refractivity (Wildman–Crippen MR) is 118 cm³/mol. The average molecular weight is 446 g/mol. The fraction of sp³-hybridized carbons (Fsp3) is 0.350. The van der Waals surface area contributed by atoms with Gasteiger partial charge in [-0.25, -0.2) is 0 Å². The van der Waals surface area contributed by atoms with E-state index in [4.69, 9.17) is 21.1 Å². The molecule has 0 amide bonds. The summed E-state index contributed by atoms with van der Waals surface area (Å²) in [6.45, 7) is 5.58. The highest BCUT2D eigenvalue weighted by Gasteiger charge is 2.17. The van der Waals surface area contributed by atoms with Gasteiger partial charge >= 0.3 is 0 Å². The van der Waals surface area contributed by atoms with Crippen molar-refractivity contribution in [3.8, 4) is 0 Å². The third-order valence-electron chi connectivity index (χ3n) is 4.98. The van der Waals surface area contributed by atoms with E-state index in [1.54, 1.807) is 18.2 Å². The third-order valence-corrected chi connectivity index (χ3v) is 5.22. The van der Waals surface area contributed by atoms with Crippen LogP contribution in [0.25, 0.3) is 21.9 Å². The second kappa shape index (κ2) is 9.92. The molecule has 0 unspecified atom stereocenters. The van der Waals surface area contributed by atoms with Crippen molar-refractivity contribution in [3.05, 3.63) is 57.2 Å². The minimum absolute atomic E-state index is 0. The summed E-state index contributed by atoms with van der Waals surface area (Å²) >= 11 is 6.03. The normalized spacial score (nSPS) is 15.4. The van der Waals surface area contributed by atoms with Gasteiger partial charge in [0.05, 0.1) is 17.4 Å². The molecule has 0 bridgehead atoms. The Kier molecular flexibility index (Phi) is 8.13. The molecule has 1 aliphatic heterocycles. The van der Waals surface area contributed by atoms with Crippen LogP contribution >= 0.6 is 36.4 Å². The Morgan fingerprint density at radius 3 is 2.21 bits per heavy atom. The van der Waals surface area contributed by atoms with Crippen LogP contribution in [-0.2, 0) is 6.54 Å². The third kappa shape index (κ3) is 4.79. The number of aliphatic hydroxyl groups is 1. The molecule has 2 heterocycles. The van der Waals surface area contributed by atoms with Crippen molar-refractivity contribution in [3.63, 3.8) is 0 Å². The first kappa shape index (κ1) is 22.9. The van der Waals surface area contributed by atoms with Crippen LogP contribution in [0.1, 0.15) is 5.56 Å². The van der Waals surface area contributed by atoms with Crippen molar-refractivity contribution < 1.29 is 9.52 Å². The number of hydrogen-bond donors (Lipinski definition) is 1. The lowest BCUT2D eigenvalue weighted by Crippen LogP contribution is -2.46. The van der Waals surface area contributed by atoms with Crippen LogP contribution in [0.5, 0.6) is 0 Å². The Morgan fingerprint density at radius 1 is 0.929 bits per heavy atom. The van der Waals surface area contributed by atoms with Gasteiger partial charge in [-0.05, 0) is 35.9 Å². The van der Waals surface area contributed by atoms with Gasteiger partial charge in [0.15, 0.2) is 0 Å². The molecule has 152 valence electrons. The van der Waals surface area contributed by atoms with Crippen molar-refractivity contribution in [2.24, 2.45) is 0 Å². The zero-order chi connectivity index (χ0) is 18.1. The highest BCUT2D eigenvalue weighted by atomic mass is 35.5. The van der Waals surface area contributed by atoms with Crippen LogP contribution < -0.4 is 5.43 Å². The molecule has 0 saturated carbocycles. The summed E-state index contributed by atoms with van der Waals surface area (Å²) in [6, 6.07) is 11.0. The largest absolute Gasteiger partial charge is 0.456 e. The molecule has 1 aromatic heterocycles. The van der Waals surface area contributed by atoms with Crippen molar-refractivity contribution in [1.29, 1.82) is 0 Å². The topological polar surface area (TPSA) is 56.9 Å². The van der Waals surface area contributed by atoms with Crippen LogP contribution in [0.4, 0.5) is 0 Å². The van der Waals surface area contributed by atoms with Gasteiger partial charge in [-0.2, -0.15) is 0 Å². The van der Waals surface area contributed by atoms with Crippen LogP contribution in [0.15, 0.2) is 45.6 Å². The summed E-state index contributed by atoms with van der Waals surface area (Å²) in [4.78, 5) is 17.5. The van der Waals surface area contributed by atoms with Gasteiger partial charge in [0.25, 0.3) is 0 Å². The summed E-state index contributed by atoms with van der Waals surface area (Å²) in [7, 11) is 0. The SMILES string of the molecule is Cl.Cl.O=c1c2cc(Cl)ccc2oc2ccc(CN3CCN(CCO)CC3)cc12. The first-order chi connectivity index (χ1) is 12.6. The summed E-state index contributed by atoms with van der Waals surface area (Å²) in [6.07, 6.45) is 0. The Labute approximate surface area is 180 Å². The molecule has 0 aliphatic carbocycles. The Morgan fingerprint density at radius 2 is 1.54 bits per heavy atom. The van der Waals surface area contributed by atoms with Crippen LogP contribution in [0.3, 0.4) is 0 Å².